The second-order valence-electron chi connectivity index (χ2n) is 5.14. The normalized spacial score (nSPS) is 21.9. The second-order valence-corrected chi connectivity index (χ2v) is 6.91. The third-order valence-corrected chi connectivity index (χ3v) is 4.76. The molecular weight excluding hydrogens is 270 g/mol. The molecule has 0 spiro atoms. The van der Waals surface area contributed by atoms with E-state index in [1.165, 1.54) is 10.4 Å². The number of thiophene rings is 1. The number of fused-ring (bicyclic) bond motifs is 1. The van der Waals surface area contributed by atoms with Crippen molar-refractivity contribution in [2.75, 3.05) is 20.3 Å². The maximum Gasteiger partial charge on any atom is 0.0934 e. The van der Waals surface area contributed by atoms with Gasteiger partial charge in [0.1, 0.15) is 0 Å². The number of aliphatic hydroxyl groups is 1. The summed E-state index contributed by atoms with van der Waals surface area (Å²) in [6, 6.07) is 2.38. The van der Waals surface area contributed by atoms with Crippen LogP contribution in [-0.2, 0) is 11.2 Å². The lowest BCUT2D eigenvalue weighted by Crippen LogP contribution is -2.39. The van der Waals surface area contributed by atoms with E-state index in [1.807, 2.05) is 6.92 Å². The van der Waals surface area contributed by atoms with Gasteiger partial charge in [0, 0.05) is 37.6 Å². The lowest BCUT2D eigenvalue weighted by molar-refractivity contribution is 0.0227. The molecule has 0 fully saturated rings. The molecule has 5 heteroatoms. The third kappa shape index (κ3) is 3.45. The van der Waals surface area contributed by atoms with Crippen LogP contribution in [0.2, 0.25) is 4.34 Å². The summed E-state index contributed by atoms with van der Waals surface area (Å²) in [6.45, 7) is 3.00. The average Bonchev–Trinajstić information content (AvgIpc) is 2.83. The molecule has 1 aliphatic carbocycles. The Morgan fingerprint density at radius 1 is 1.67 bits per heavy atom. The van der Waals surface area contributed by atoms with E-state index in [4.69, 9.17) is 16.3 Å². The van der Waals surface area contributed by atoms with Gasteiger partial charge in [0.2, 0.25) is 0 Å². The van der Waals surface area contributed by atoms with Gasteiger partial charge in [-0.3, -0.25) is 0 Å². The predicted molar refractivity (Wildman–Crippen MR) is 75.5 cm³/mol. The lowest BCUT2D eigenvalue weighted by atomic mass is 10.0. The van der Waals surface area contributed by atoms with Crippen molar-refractivity contribution in [1.29, 1.82) is 0 Å². The van der Waals surface area contributed by atoms with Gasteiger partial charge >= 0.3 is 0 Å². The molecule has 0 saturated carbocycles. The number of hydrogen-bond donors (Lipinski definition) is 2. The number of hydrogen-bond acceptors (Lipinski definition) is 4. The van der Waals surface area contributed by atoms with E-state index >= 15 is 0 Å². The van der Waals surface area contributed by atoms with E-state index in [1.54, 1.807) is 18.4 Å². The predicted octanol–water partition coefficient (Wildman–Crippen LogP) is 2.77. The highest BCUT2D eigenvalue weighted by molar-refractivity contribution is 7.16. The first-order valence-electron chi connectivity index (χ1n) is 6.24. The summed E-state index contributed by atoms with van der Waals surface area (Å²) in [6.07, 6.45) is 2.82. The van der Waals surface area contributed by atoms with Crippen molar-refractivity contribution in [3.05, 3.63) is 20.8 Å². The smallest absolute Gasteiger partial charge is 0.0934 e. The molecule has 0 saturated heterocycles. The Morgan fingerprint density at radius 3 is 3.17 bits per heavy atom. The van der Waals surface area contributed by atoms with Crippen LogP contribution in [0.15, 0.2) is 6.07 Å². The van der Waals surface area contributed by atoms with Crippen molar-refractivity contribution in [3.63, 3.8) is 0 Å². The fourth-order valence-corrected chi connectivity index (χ4v) is 3.65. The first-order chi connectivity index (χ1) is 8.52. The van der Waals surface area contributed by atoms with Crippen LogP contribution in [0.4, 0.5) is 0 Å². The minimum absolute atomic E-state index is 0.331. The van der Waals surface area contributed by atoms with Crippen LogP contribution in [0.3, 0.4) is 0 Å². The van der Waals surface area contributed by atoms with E-state index < -0.39 is 5.60 Å². The van der Waals surface area contributed by atoms with Crippen LogP contribution in [0.25, 0.3) is 0 Å². The number of nitrogens with one attached hydrogen (secondary N) is 1. The molecule has 1 aromatic heterocycles. The first-order valence-corrected chi connectivity index (χ1v) is 7.44. The summed E-state index contributed by atoms with van der Waals surface area (Å²) in [5, 5.41) is 13.6. The van der Waals surface area contributed by atoms with Crippen molar-refractivity contribution >= 4 is 22.9 Å². The van der Waals surface area contributed by atoms with E-state index in [2.05, 4.69) is 11.4 Å². The minimum Gasteiger partial charge on any atom is -0.389 e. The molecule has 0 aromatic carbocycles. The van der Waals surface area contributed by atoms with Crippen molar-refractivity contribution < 1.29 is 9.84 Å². The third-order valence-electron chi connectivity index (χ3n) is 3.42. The van der Waals surface area contributed by atoms with Crippen LogP contribution in [0.1, 0.15) is 36.2 Å². The average molecular weight is 290 g/mol. The highest BCUT2D eigenvalue weighted by Gasteiger charge is 2.27. The largest absolute Gasteiger partial charge is 0.389 e. The van der Waals surface area contributed by atoms with Crippen molar-refractivity contribution in [2.45, 2.75) is 37.8 Å². The summed E-state index contributed by atoms with van der Waals surface area (Å²) < 4.78 is 5.86. The fraction of sp³-hybridized carbons (Fsp3) is 0.692. The van der Waals surface area contributed by atoms with E-state index in [-0.39, 0.29) is 0 Å². The Balaban J connectivity index is 1.88. The highest BCUT2D eigenvalue weighted by atomic mass is 35.5. The first kappa shape index (κ1) is 14.3. The van der Waals surface area contributed by atoms with Gasteiger partial charge in [-0.15, -0.1) is 11.3 Å². The summed E-state index contributed by atoms with van der Waals surface area (Å²) in [4.78, 5) is 1.38. The maximum atomic E-state index is 10.2. The molecule has 102 valence electrons. The van der Waals surface area contributed by atoms with Gasteiger partial charge in [0.15, 0.2) is 0 Å². The van der Waals surface area contributed by atoms with Crippen LogP contribution in [0, 0.1) is 0 Å². The van der Waals surface area contributed by atoms with Gasteiger partial charge in [-0.2, -0.15) is 0 Å². The van der Waals surface area contributed by atoms with Gasteiger partial charge in [0.25, 0.3) is 0 Å². The Hall–Kier alpha value is -0.130. The Morgan fingerprint density at radius 2 is 2.44 bits per heavy atom. The highest BCUT2D eigenvalue weighted by Crippen LogP contribution is 2.39. The van der Waals surface area contributed by atoms with E-state index in [0.29, 0.717) is 25.6 Å². The number of ether oxygens (including phenoxy) is 1. The molecule has 2 rings (SSSR count). The molecule has 18 heavy (non-hydrogen) atoms. The summed E-state index contributed by atoms with van der Waals surface area (Å²) >= 11 is 7.70. The van der Waals surface area contributed by atoms with E-state index in [9.17, 15) is 5.11 Å². The minimum atomic E-state index is -0.724. The summed E-state index contributed by atoms with van der Waals surface area (Å²) in [7, 11) is 1.65. The summed E-state index contributed by atoms with van der Waals surface area (Å²) in [5.41, 5.74) is 0.589. The van der Waals surface area contributed by atoms with Crippen LogP contribution >= 0.6 is 22.9 Å². The molecule has 0 radical (unpaired) electrons. The monoisotopic (exact) mass is 289 g/mol. The van der Waals surface area contributed by atoms with Crippen LogP contribution in [0.5, 0.6) is 0 Å². The molecule has 1 aromatic rings. The molecular formula is C13H20ClNO2S. The van der Waals surface area contributed by atoms with Gasteiger partial charge in [0.05, 0.1) is 9.94 Å². The van der Waals surface area contributed by atoms with Crippen molar-refractivity contribution in [1.82, 2.24) is 5.32 Å². The molecule has 0 aliphatic heterocycles. The zero-order valence-corrected chi connectivity index (χ0v) is 12.4. The Bertz CT molecular complexity index is 406. The van der Waals surface area contributed by atoms with E-state index in [0.717, 1.165) is 17.2 Å². The van der Waals surface area contributed by atoms with Crippen molar-refractivity contribution in [3.8, 4) is 0 Å². The number of aryl methyl sites for hydroxylation is 1. The lowest BCUT2D eigenvalue weighted by Gasteiger charge is -2.25. The molecule has 2 unspecified atom stereocenters. The number of methoxy groups -OCH3 is 1. The van der Waals surface area contributed by atoms with Crippen LogP contribution in [-0.4, -0.2) is 31.0 Å². The molecule has 3 nitrogen and oxygen atoms in total. The molecule has 0 amide bonds. The topological polar surface area (TPSA) is 41.5 Å². The number of halogens is 1. The molecule has 2 atom stereocenters. The standard InChI is InChI=1S/C13H20ClNO2S/c1-13(16,5-6-17-2)8-15-10-3-4-11-9(10)7-12(14)18-11/h7,10,15-16H,3-6,8H2,1-2H3. The van der Waals surface area contributed by atoms with Gasteiger partial charge in [-0.1, -0.05) is 11.6 Å². The Kier molecular flexibility index (Phi) is 4.67. The molecule has 1 heterocycles. The quantitative estimate of drug-likeness (QED) is 0.846. The second kappa shape index (κ2) is 5.88. The number of rotatable bonds is 6. The molecule has 2 N–H and O–H groups in total. The van der Waals surface area contributed by atoms with Gasteiger partial charge in [-0.05, 0) is 31.4 Å². The van der Waals surface area contributed by atoms with Crippen molar-refractivity contribution in [2.24, 2.45) is 0 Å². The van der Waals surface area contributed by atoms with Crippen LogP contribution < -0.4 is 5.32 Å². The SMILES string of the molecule is COCCC(C)(O)CNC1CCc2sc(Cl)cc21. The zero-order chi connectivity index (χ0) is 13.2. The zero-order valence-electron chi connectivity index (χ0n) is 10.8. The van der Waals surface area contributed by atoms with Gasteiger partial charge < -0.3 is 15.2 Å². The molecule has 0 bridgehead atoms. The molecule has 1 aliphatic rings. The maximum absolute atomic E-state index is 10.2. The summed E-state index contributed by atoms with van der Waals surface area (Å²) in [5.74, 6) is 0. The van der Waals surface area contributed by atoms with Gasteiger partial charge in [-0.25, -0.2) is 0 Å². The Labute approximate surface area is 117 Å². The fourth-order valence-electron chi connectivity index (χ4n) is 2.30.